The van der Waals surface area contributed by atoms with Crippen molar-refractivity contribution in [1.82, 2.24) is 0 Å². The fourth-order valence-electron chi connectivity index (χ4n) is 8.28. The van der Waals surface area contributed by atoms with E-state index in [-0.39, 0.29) is 30.2 Å². The lowest BCUT2D eigenvalue weighted by atomic mass is 9.56. The van der Waals surface area contributed by atoms with E-state index in [9.17, 15) is 28.7 Å². The van der Waals surface area contributed by atoms with Gasteiger partial charge in [-0.3, -0.25) is 19.2 Å². The predicted octanol–water partition coefficient (Wildman–Crippen LogP) is 7.41. The first-order valence-corrected chi connectivity index (χ1v) is 16.6. The number of rotatable bonds is 3. The first kappa shape index (κ1) is 31.1. The van der Waals surface area contributed by atoms with E-state index in [0.717, 1.165) is 27.5 Å². The van der Waals surface area contributed by atoms with Crippen LogP contribution in [0, 0.1) is 30.5 Å². The molecule has 2 heterocycles. The summed E-state index contributed by atoms with van der Waals surface area (Å²) in [6.45, 7) is 1.82. The third kappa shape index (κ3) is 4.00. The quantitative estimate of drug-likeness (QED) is 0.136. The highest BCUT2D eigenvalue weighted by molar-refractivity contribution is 6.58. The molecule has 4 amide bonds. The maximum atomic E-state index is 14.6. The fourth-order valence-corrected chi connectivity index (χ4v) is 9.38. The maximum Gasteiger partial charge on any atom is 0.258 e. The standard InChI is InChI=1S/C37H26Cl3FN2O5/c1-18-6-9-21(16-28(18)38)42-32(45)26-13-12-25-27(30(26)33(42)46)17-36(39)34(47)43(20-10-7-19(41)8-11-20)35(48)37(36,40)31(25)24-14-15-29(44)23-5-3-2-4-22(23)24/h2-12,14-16,26-27,30-31,44H,13,17H2,1H3/t26-,27+,30-,31-,36+,37-/m0/s1. The highest BCUT2D eigenvalue weighted by Gasteiger charge is 2.76. The van der Waals surface area contributed by atoms with Crippen LogP contribution in [0.25, 0.3) is 10.8 Å². The van der Waals surface area contributed by atoms with Crippen molar-refractivity contribution in [3.63, 3.8) is 0 Å². The number of hydrogen-bond donors (Lipinski definition) is 1. The number of aryl methyl sites for hydroxylation is 1. The number of fused-ring (bicyclic) bond motifs is 5. The zero-order valence-corrected chi connectivity index (χ0v) is 27.6. The Kier molecular flexibility index (Phi) is 6.88. The van der Waals surface area contributed by atoms with Crippen LogP contribution in [0.3, 0.4) is 0 Å². The normalized spacial score (nSPS) is 29.6. The maximum absolute atomic E-state index is 14.6. The van der Waals surface area contributed by atoms with Crippen molar-refractivity contribution in [1.29, 1.82) is 0 Å². The van der Waals surface area contributed by atoms with Crippen LogP contribution in [0.15, 0.2) is 90.5 Å². The van der Waals surface area contributed by atoms with E-state index in [1.807, 2.05) is 13.0 Å². The van der Waals surface area contributed by atoms with Gasteiger partial charge in [-0.25, -0.2) is 14.2 Å². The smallest absolute Gasteiger partial charge is 0.258 e. The average molecular weight is 704 g/mol. The van der Waals surface area contributed by atoms with E-state index in [4.69, 9.17) is 34.8 Å². The molecule has 2 saturated heterocycles. The summed E-state index contributed by atoms with van der Waals surface area (Å²) in [5.74, 6) is -6.43. The first-order chi connectivity index (χ1) is 22.9. The summed E-state index contributed by atoms with van der Waals surface area (Å²) in [5.41, 5.74) is 2.37. The number of carbonyl (C=O) groups is 4. The number of alkyl halides is 2. The van der Waals surface area contributed by atoms with Crippen molar-refractivity contribution in [2.45, 2.75) is 35.4 Å². The Bertz CT molecular complexity index is 2150. The van der Waals surface area contributed by atoms with Crippen LogP contribution in [-0.4, -0.2) is 38.5 Å². The van der Waals surface area contributed by atoms with Gasteiger partial charge in [-0.1, -0.05) is 59.6 Å². The Morgan fingerprint density at radius 3 is 2.21 bits per heavy atom. The summed E-state index contributed by atoms with van der Waals surface area (Å²) < 4.78 is 13.9. The Labute approximate surface area is 289 Å². The highest BCUT2D eigenvalue weighted by Crippen LogP contribution is 2.66. The summed E-state index contributed by atoms with van der Waals surface area (Å²) in [4.78, 5) is 55.3. The molecule has 0 aromatic heterocycles. The molecule has 1 saturated carbocycles. The number of halogens is 4. The van der Waals surface area contributed by atoms with E-state index in [1.165, 1.54) is 18.2 Å². The highest BCUT2D eigenvalue weighted by atomic mass is 35.5. The lowest BCUT2D eigenvalue weighted by Crippen LogP contribution is -2.60. The number of allylic oxidation sites excluding steroid dienone is 2. The number of hydrogen-bond acceptors (Lipinski definition) is 5. The van der Waals surface area contributed by atoms with Crippen LogP contribution in [0.4, 0.5) is 15.8 Å². The second-order valence-electron chi connectivity index (χ2n) is 12.9. The van der Waals surface area contributed by atoms with Crippen LogP contribution in [0.1, 0.15) is 29.9 Å². The molecule has 0 radical (unpaired) electrons. The molecular formula is C37H26Cl3FN2O5. The minimum absolute atomic E-state index is 0.00545. The van der Waals surface area contributed by atoms with Gasteiger partial charge in [-0.15, -0.1) is 23.2 Å². The van der Waals surface area contributed by atoms with Gasteiger partial charge in [0, 0.05) is 16.3 Å². The number of carbonyl (C=O) groups excluding carboxylic acids is 4. The Morgan fingerprint density at radius 1 is 0.812 bits per heavy atom. The predicted molar refractivity (Wildman–Crippen MR) is 181 cm³/mol. The van der Waals surface area contributed by atoms with Crippen LogP contribution in [0.5, 0.6) is 5.75 Å². The minimum Gasteiger partial charge on any atom is -0.507 e. The molecule has 2 aliphatic carbocycles. The zero-order valence-electron chi connectivity index (χ0n) is 25.3. The Morgan fingerprint density at radius 2 is 1.50 bits per heavy atom. The molecule has 11 heteroatoms. The monoisotopic (exact) mass is 702 g/mol. The van der Waals surface area contributed by atoms with Crippen molar-refractivity contribution in [2.75, 3.05) is 9.80 Å². The molecule has 6 atom stereocenters. The lowest BCUT2D eigenvalue weighted by molar-refractivity contribution is -0.125. The third-order valence-corrected chi connectivity index (χ3v) is 12.4. The van der Waals surface area contributed by atoms with Gasteiger partial charge in [0.25, 0.3) is 11.8 Å². The van der Waals surface area contributed by atoms with Gasteiger partial charge in [0.2, 0.25) is 11.8 Å². The van der Waals surface area contributed by atoms with Gasteiger partial charge in [0.05, 0.1) is 23.2 Å². The molecule has 4 aliphatic rings. The van der Waals surface area contributed by atoms with Gasteiger partial charge in [0.15, 0.2) is 9.75 Å². The largest absolute Gasteiger partial charge is 0.507 e. The van der Waals surface area contributed by atoms with Crippen LogP contribution >= 0.6 is 34.8 Å². The van der Waals surface area contributed by atoms with Gasteiger partial charge in [-0.05, 0) is 84.7 Å². The van der Waals surface area contributed by atoms with Crippen molar-refractivity contribution in [2.24, 2.45) is 17.8 Å². The van der Waals surface area contributed by atoms with Crippen LogP contribution in [-0.2, 0) is 19.2 Å². The van der Waals surface area contributed by atoms with Gasteiger partial charge >= 0.3 is 0 Å². The van der Waals surface area contributed by atoms with Crippen molar-refractivity contribution in [3.05, 3.63) is 112 Å². The fraction of sp³-hybridized carbons (Fsp3) is 0.243. The van der Waals surface area contributed by atoms with Gasteiger partial charge in [-0.2, -0.15) is 0 Å². The second kappa shape index (κ2) is 10.6. The van der Waals surface area contributed by atoms with E-state index in [1.54, 1.807) is 48.5 Å². The SMILES string of the molecule is Cc1ccc(N2C(=O)[C@H]3[C@H](CC=C4[C@H]3C[C@@]3(Cl)C(=O)N(c5ccc(F)cc5)C(=O)[C@@]3(Cl)[C@H]4c3ccc(O)c4ccccc34)C2=O)cc1Cl. The molecule has 8 rings (SSSR count). The topological polar surface area (TPSA) is 95.0 Å². The number of anilines is 2. The molecule has 1 N–H and O–H groups in total. The van der Waals surface area contributed by atoms with E-state index >= 15 is 0 Å². The molecule has 48 heavy (non-hydrogen) atoms. The van der Waals surface area contributed by atoms with Crippen molar-refractivity contribution in [3.8, 4) is 5.75 Å². The van der Waals surface area contributed by atoms with E-state index in [2.05, 4.69) is 0 Å². The van der Waals surface area contributed by atoms with Crippen molar-refractivity contribution >= 4 is 80.6 Å². The number of nitrogens with zero attached hydrogens (tertiary/aromatic N) is 2. The van der Waals surface area contributed by atoms with Crippen LogP contribution < -0.4 is 9.80 Å². The third-order valence-electron chi connectivity index (χ3n) is 10.6. The molecule has 7 nitrogen and oxygen atoms in total. The number of benzene rings is 4. The van der Waals surface area contributed by atoms with Crippen LogP contribution in [0.2, 0.25) is 5.02 Å². The molecule has 2 aliphatic heterocycles. The van der Waals surface area contributed by atoms with Gasteiger partial charge in [0.1, 0.15) is 11.6 Å². The second-order valence-corrected chi connectivity index (χ2v) is 14.6. The molecule has 0 unspecified atom stereocenters. The van der Waals surface area contributed by atoms with E-state index < -0.39 is 57.0 Å². The lowest BCUT2D eigenvalue weighted by Gasteiger charge is -2.51. The van der Waals surface area contributed by atoms with Crippen molar-refractivity contribution < 1.29 is 28.7 Å². The average Bonchev–Trinajstić information content (AvgIpc) is 3.41. The van der Waals surface area contributed by atoms with Gasteiger partial charge < -0.3 is 5.11 Å². The summed E-state index contributed by atoms with van der Waals surface area (Å²) in [6.07, 6.45) is 1.84. The number of phenolic OH excluding ortho intramolecular Hbond substituents is 1. The summed E-state index contributed by atoms with van der Waals surface area (Å²) >= 11 is 21.4. The summed E-state index contributed by atoms with van der Waals surface area (Å²) in [6, 6.07) is 20.1. The molecule has 4 aromatic carbocycles. The molecule has 3 fully saturated rings. The zero-order chi connectivity index (χ0) is 33.9. The number of imide groups is 2. The Hall–Kier alpha value is -4.24. The number of phenols is 1. The molecule has 0 bridgehead atoms. The number of amides is 4. The molecule has 0 spiro atoms. The Balaban J connectivity index is 1.33. The minimum atomic E-state index is -2.09. The number of aromatic hydroxyl groups is 1. The summed E-state index contributed by atoms with van der Waals surface area (Å²) in [7, 11) is 0. The van der Waals surface area contributed by atoms with E-state index in [0.29, 0.717) is 32.6 Å². The molecule has 242 valence electrons. The molecule has 4 aromatic rings. The molecular weight excluding hydrogens is 678 g/mol. The summed E-state index contributed by atoms with van der Waals surface area (Å²) in [5, 5.41) is 12.2. The first-order valence-electron chi connectivity index (χ1n) is 15.5.